The zero-order valence-electron chi connectivity index (χ0n) is 15.4. The molecule has 1 aromatic carbocycles. The van der Waals surface area contributed by atoms with Crippen LogP contribution in [0, 0.1) is 17.8 Å². The molecule has 0 radical (unpaired) electrons. The van der Waals surface area contributed by atoms with Gasteiger partial charge in [0.05, 0.1) is 17.9 Å². The van der Waals surface area contributed by atoms with Crippen LogP contribution in [0.25, 0.3) is 0 Å². The van der Waals surface area contributed by atoms with Crippen LogP contribution >= 0.6 is 0 Å². The molecule has 1 saturated heterocycles. The van der Waals surface area contributed by atoms with Gasteiger partial charge in [0.25, 0.3) is 0 Å². The maximum atomic E-state index is 13.2. The van der Waals surface area contributed by atoms with E-state index in [0.717, 1.165) is 23.3 Å². The summed E-state index contributed by atoms with van der Waals surface area (Å²) < 4.78 is 39.5. The number of halogens is 3. The molecule has 1 heterocycles. The van der Waals surface area contributed by atoms with Gasteiger partial charge in [-0.05, 0) is 11.5 Å². The second-order valence-corrected chi connectivity index (χ2v) is 6.91. The van der Waals surface area contributed by atoms with Crippen LogP contribution in [0.2, 0.25) is 0 Å². The predicted molar refractivity (Wildman–Crippen MR) is 94.0 cm³/mol. The lowest BCUT2D eigenvalue weighted by molar-refractivity contribution is -0.187. The van der Waals surface area contributed by atoms with Crippen molar-refractivity contribution >= 4 is 12.0 Å². The molecule has 0 bridgehead atoms. The number of benzene rings is 1. The van der Waals surface area contributed by atoms with E-state index in [-0.39, 0.29) is 12.0 Å². The van der Waals surface area contributed by atoms with Gasteiger partial charge in [0.1, 0.15) is 0 Å². The summed E-state index contributed by atoms with van der Waals surface area (Å²) >= 11 is 0. The van der Waals surface area contributed by atoms with Gasteiger partial charge in [-0.1, -0.05) is 57.0 Å². The quantitative estimate of drug-likeness (QED) is 0.774. The Labute approximate surface area is 156 Å². The van der Waals surface area contributed by atoms with Crippen molar-refractivity contribution in [2.24, 2.45) is 17.8 Å². The third-order valence-electron chi connectivity index (χ3n) is 5.30. The number of amides is 2. The predicted octanol–water partition coefficient (Wildman–Crippen LogP) is 4.07. The molecule has 3 atom stereocenters. The Bertz CT molecular complexity index is 647. The molecule has 1 aliphatic rings. The van der Waals surface area contributed by atoms with Gasteiger partial charge >= 0.3 is 18.2 Å². The lowest BCUT2D eigenvalue weighted by Gasteiger charge is -2.29. The summed E-state index contributed by atoms with van der Waals surface area (Å²) in [5.41, 5.74) is 0.876. The van der Waals surface area contributed by atoms with E-state index in [1.807, 2.05) is 44.2 Å². The van der Waals surface area contributed by atoms with Gasteiger partial charge in [0.2, 0.25) is 0 Å². The molecule has 1 aromatic rings. The third-order valence-corrected chi connectivity index (χ3v) is 5.30. The molecule has 1 fully saturated rings. The average Bonchev–Trinajstić information content (AvgIpc) is 3.09. The van der Waals surface area contributed by atoms with Gasteiger partial charge in [0.15, 0.2) is 0 Å². The average molecular weight is 386 g/mol. The van der Waals surface area contributed by atoms with Gasteiger partial charge in [0, 0.05) is 13.1 Å². The van der Waals surface area contributed by atoms with Crippen molar-refractivity contribution in [3.8, 4) is 0 Å². The number of alkyl halides is 3. The fourth-order valence-electron chi connectivity index (χ4n) is 3.67. The molecule has 2 amide bonds. The van der Waals surface area contributed by atoms with E-state index in [2.05, 4.69) is 5.32 Å². The highest BCUT2D eigenvalue weighted by Crippen LogP contribution is 2.38. The van der Waals surface area contributed by atoms with E-state index in [1.165, 1.54) is 0 Å². The number of urea groups is 1. The summed E-state index contributed by atoms with van der Waals surface area (Å²) in [5.74, 6) is -5.11. The minimum absolute atomic E-state index is 0.118. The second-order valence-electron chi connectivity index (χ2n) is 6.91. The highest BCUT2D eigenvalue weighted by molar-refractivity contribution is 5.78. The number of carbonyl (C=O) groups is 2. The van der Waals surface area contributed by atoms with Gasteiger partial charge in [-0.3, -0.25) is 4.79 Å². The summed E-state index contributed by atoms with van der Waals surface area (Å²) in [6, 6.07) is 8.26. The van der Waals surface area contributed by atoms with E-state index < -0.39 is 43.1 Å². The fraction of sp³-hybridized carbons (Fsp3) is 0.579. The summed E-state index contributed by atoms with van der Waals surface area (Å²) in [5, 5.41) is 11.9. The number of carboxylic acid groups (broad SMARTS) is 1. The van der Waals surface area contributed by atoms with Crippen molar-refractivity contribution in [1.29, 1.82) is 0 Å². The molecule has 1 unspecified atom stereocenters. The van der Waals surface area contributed by atoms with Gasteiger partial charge in [-0.2, -0.15) is 13.2 Å². The van der Waals surface area contributed by atoms with Gasteiger partial charge in [-0.25, -0.2) is 4.79 Å². The lowest BCUT2D eigenvalue weighted by Crippen LogP contribution is -2.43. The monoisotopic (exact) mass is 386 g/mol. The molecule has 2 rings (SSSR count). The molecule has 2 N–H and O–H groups in total. The molecule has 8 heteroatoms. The summed E-state index contributed by atoms with van der Waals surface area (Å²) in [7, 11) is 0. The first-order valence-electron chi connectivity index (χ1n) is 9.08. The number of carbonyl (C=O) groups excluding carboxylic acids is 1. The van der Waals surface area contributed by atoms with Crippen LogP contribution in [0.3, 0.4) is 0 Å². The standard InChI is InChI=1S/C19H25F3N2O3/c1-3-12(4-2)16(13-8-6-5-7-9-13)23-18(27)24-10-14(17(25)26)15(11-24)19(20,21)22/h5-9,12,14-16H,3-4,10-11H2,1-2H3,(H,23,27)(H,25,26)/t14-,15-,16?/m1/s1. The summed E-state index contributed by atoms with van der Waals surface area (Å²) in [6.07, 6.45) is -3.08. The van der Waals surface area contributed by atoms with Crippen LogP contribution in [0.5, 0.6) is 0 Å². The highest BCUT2D eigenvalue weighted by atomic mass is 19.4. The van der Waals surface area contributed by atoms with E-state index >= 15 is 0 Å². The van der Waals surface area contributed by atoms with E-state index in [1.54, 1.807) is 0 Å². The third kappa shape index (κ3) is 4.93. The molecule has 0 saturated carbocycles. The molecule has 0 aromatic heterocycles. The van der Waals surface area contributed by atoms with Crippen LogP contribution < -0.4 is 5.32 Å². The number of nitrogens with zero attached hydrogens (tertiary/aromatic N) is 1. The molecule has 27 heavy (non-hydrogen) atoms. The SMILES string of the molecule is CCC(CC)C(NC(=O)N1C[C@@H](C(F)(F)F)[C@H](C(=O)O)C1)c1ccccc1. The second kappa shape index (κ2) is 8.63. The lowest BCUT2D eigenvalue weighted by atomic mass is 9.89. The minimum Gasteiger partial charge on any atom is -0.481 e. The van der Waals surface area contributed by atoms with Crippen LogP contribution in [-0.4, -0.2) is 41.3 Å². The summed E-state index contributed by atoms with van der Waals surface area (Å²) in [6.45, 7) is 2.89. The Morgan fingerprint density at radius 1 is 1.19 bits per heavy atom. The molecular weight excluding hydrogens is 361 g/mol. The van der Waals surface area contributed by atoms with Crippen molar-refractivity contribution in [1.82, 2.24) is 10.2 Å². The maximum Gasteiger partial charge on any atom is 0.394 e. The largest absolute Gasteiger partial charge is 0.481 e. The van der Waals surface area contributed by atoms with Crippen LogP contribution in [0.1, 0.15) is 38.3 Å². The van der Waals surface area contributed by atoms with Crippen molar-refractivity contribution in [2.75, 3.05) is 13.1 Å². The number of hydrogen-bond donors (Lipinski definition) is 2. The molecular formula is C19H25F3N2O3. The molecule has 150 valence electrons. The molecule has 0 spiro atoms. The number of aliphatic carboxylic acids is 1. The van der Waals surface area contributed by atoms with Crippen LogP contribution in [-0.2, 0) is 4.79 Å². The Morgan fingerprint density at radius 2 is 1.78 bits per heavy atom. The molecule has 5 nitrogen and oxygen atoms in total. The number of carboxylic acids is 1. The first-order valence-corrected chi connectivity index (χ1v) is 9.08. The van der Waals surface area contributed by atoms with E-state index in [0.29, 0.717) is 0 Å². The topological polar surface area (TPSA) is 69.6 Å². The Kier molecular flexibility index (Phi) is 6.73. The number of hydrogen-bond acceptors (Lipinski definition) is 2. The number of rotatable bonds is 6. The maximum absolute atomic E-state index is 13.2. The minimum atomic E-state index is -4.66. The van der Waals surface area contributed by atoms with Gasteiger partial charge in [-0.15, -0.1) is 0 Å². The zero-order valence-corrected chi connectivity index (χ0v) is 15.4. The van der Waals surface area contributed by atoms with E-state index in [4.69, 9.17) is 5.11 Å². The smallest absolute Gasteiger partial charge is 0.394 e. The number of likely N-dealkylation sites (tertiary alicyclic amines) is 1. The van der Waals surface area contributed by atoms with Crippen molar-refractivity contribution in [3.05, 3.63) is 35.9 Å². The fourth-order valence-corrected chi connectivity index (χ4v) is 3.67. The molecule has 0 aliphatic carbocycles. The normalized spacial score (nSPS) is 21.3. The highest BCUT2D eigenvalue weighted by Gasteiger charge is 2.53. The first kappa shape index (κ1) is 21.1. The van der Waals surface area contributed by atoms with Crippen LogP contribution in [0.4, 0.5) is 18.0 Å². The van der Waals surface area contributed by atoms with Gasteiger partial charge < -0.3 is 15.3 Å². The first-order chi connectivity index (χ1) is 12.7. The van der Waals surface area contributed by atoms with E-state index in [9.17, 15) is 22.8 Å². The van der Waals surface area contributed by atoms with Crippen molar-refractivity contribution in [3.63, 3.8) is 0 Å². The van der Waals surface area contributed by atoms with Crippen molar-refractivity contribution < 1.29 is 27.9 Å². The van der Waals surface area contributed by atoms with Crippen molar-refractivity contribution in [2.45, 2.75) is 38.9 Å². The molecule has 1 aliphatic heterocycles. The number of nitrogens with one attached hydrogen (secondary N) is 1. The Morgan fingerprint density at radius 3 is 2.22 bits per heavy atom. The Balaban J connectivity index is 2.19. The summed E-state index contributed by atoms with van der Waals surface area (Å²) in [4.78, 5) is 24.8. The zero-order chi connectivity index (χ0) is 20.2. The van der Waals surface area contributed by atoms with Crippen LogP contribution in [0.15, 0.2) is 30.3 Å². The Hall–Kier alpha value is -2.25.